The number of morpholine rings is 1. The van der Waals surface area contributed by atoms with E-state index in [9.17, 15) is 9.59 Å². The molecule has 0 unspecified atom stereocenters. The minimum Gasteiger partial charge on any atom is -0.491 e. The van der Waals surface area contributed by atoms with Gasteiger partial charge >= 0.3 is 6.09 Å². The molecular formula is C37H39N5O5. The number of aromatic nitrogens is 2. The predicted octanol–water partition coefficient (Wildman–Crippen LogP) is 5.43. The molecule has 1 aliphatic rings. The Kier molecular flexibility index (Phi) is 10.4. The molecule has 1 saturated heterocycles. The Morgan fingerprint density at radius 3 is 2.36 bits per heavy atom. The largest absolute Gasteiger partial charge is 0.491 e. The highest BCUT2D eigenvalue weighted by atomic mass is 16.5. The highest BCUT2D eigenvalue weighted by Gasteiger charge is 2.33. The normalized spacial score (nSPS) is 16.8. The minimum absolute atomic E-state index is 0.0227. The van der Waals surface area contributed by atoms with E-state index in [4.69, 9.17) is 14.2 Å². The van der Waals surface area contributed by atoms with Gasteiger partial charge in [-0.05, 0) is 47.7 Å². The second-order valence-corrected chi connectivity index (χ2v) is 11.6. The lowest BCUT2D eigenvalue weighted by molar-refractivity contribution is -0.118. The van der Waals surface area contributed by atoms with Crippen molar-refractivity contribution < 1.29 is 23.8 Å². The SMILES string of the molecule is COC(=O)N[C@H](C(=O)Nc1ccccc1CC[C@@H]1CNC[C@@H](COc2ccc3cn[nH]c3c2)O1)C(c1ccccc1)c1ccccc1. The first-order valence-electron chi connectivity index (χ1n) is 15.8. The summed E-state index contributed by atoms with van der Waals surface area (Å²) >= 11 is 0. The van der Waals surface area contributed by atoms with Gasteiger partial charge in [-0.3, -0.25) is 9.89 Å². The molecule has 4 N–H and O–H groups in total. The van der Waals surface area contributed by atoms with E-state index in [0.717, 1.165) is 46.3 Å². The zero-order valence-corrected chi connectivity index (χ0v) is 26.2. The lowest BCUT2D eigenvalue weighted by Gasteiger charge is -2.31. The van der Waals surface area contributed by atoms with Crippen LogP contribution in [-0.4, -0.2) is 67.3 Å². The van der Waals surface area contributed by atoms with Gasteiger partial charge in [0, 0.05) is 36.1 Å². The molecule has 10 heteroatoms. The van der Waals surface area contributed by atoms with Gasteiger partial charge in [0.1, 0.15) is 24.5 Å². The van der Waals surface area contributed by atoms with Crippen LogP contribution in [0.2, 0.25) is 0 Å². The third-order valence-electron chi connectivity index (χ3n) is 8.38. The molecular weight excluding hydrogens is 594 g/mol. The number of aromatic amines is 1. The Hall–Kier alpha value is -5.19. The summed E-state index contributed by atoms with van der Waals surface area (Å²) in [6, 6.07) is 32.0. The van der Waals surface area contributed by atoms with Gasteiger partial charge in [-0.1, -0.05) is 78.9 Å². The number of carbonyl (C=O) groups excluding carboxylic acids is 2. The fraction of sp³-hybridized carbons (Fsp3) is 0.270. The van der Waals surface area contributed by atoms with Crippen molar-refractivity contribution in [1.29, 1.82) is 0 Å². The summed E-state index contributed by atoms with van der Waals surface area (Å²) in [6.45, 7) is 1.86. The monoisotopic (exact) mass is 633 g/mol. The number of benzene rings is 4. The van der Waals surface area contributed by atoms with Crippen LogP contribution in [0.1, 0.15) is 29.0 Å². The molecule has 5 aromatic rings. The van der Waals surface area contributed by atoms with Crippen LogP contribution in [0.25, 0.3) is 10.9 Å². The Morgan fingerprint density at radius 2 is 1.62 bits per heavy atom. The molecule has 47 heavy (non-hydrogen) atoms. The van der Waals surface area contributed by atoms with Gasteiger partial charge < -0.3 is 30.2 Å². The van der Waals surface area contributed by atoms with E-state index in [0.29, 0.717) is 25.3 Å². The zero-order valence-electron chi connectivity index (χ0n) is 26.2. The number of aryl methyl sites for hydroxylation is 1. The van der Waals surface area contributed by atoms with Crippen molar-refractivity contribution in [3.63, 3.8) is 0 Å². The number of fused-ring (bicyclic) bond motifs is 1. The topological polar surface area (TPSA) is 127 Å². The summed E-state index contributed by atoms with van der Waals surface area (Å²) in [5, 5.41) is 17.5. The molecule has 2 amide bonds. The van der Waals surface area contributed by atoms with Crippen molar-refractivity contribution in [1.82, 2.24) is 20.8 Å². The number of methoxy groups -OCH3 is 1. The first-order valence-corrected chi connectivity index (χ1v) is 15.8. The standard InChI is InChI=1S/C37H39N5O5/c1-45-37(44)41-35(34(26-11-4-2-5-12-26)27-13-6-3-7-14-27)36(43)40-32-15-9-8-10-25(32)16-19-30-22-38-23-31(47-30)24-46-29-18-17-28-21-39-42-33(28)20-29/h2-15,17-18,20-21,30-31,34-35,38H,16,19,22-24H2,1H3,(H,39,42)(H,40,43)(H,41,44)/t30-,31+,35+/m1/s1. The van der Waals surface area contributed by atoms with Gasteiger partial charge in [0.2, 0.25) is 5.91 Å². The number of para-hydroxylation sites is 1. The molecule has 1 aromatic heterocycles. The molecule has 6 rings (SSSR count). The predicted molar refractivity (Wildman–Crippen MR) is 181 cm³/mol. The lowest BCUT2D eigenvalue weighted by atomic mass is 9.84. The summed E-state index contributed by atoms with van der Waals surface area (Å²) in [5.74, 6) is -0.0356. The Bertz CT molecular complexity index is 1720. The van der Waals surface area contributed by atoms with Crippen LogP contribution in [0, 0.1) is 0 Å². The van der Waals surface area contributed by atoms with Crippen molar-refractivity contribution in [3.8, 4) is 5.75 Å². The third kappa shape index (κ3) is 8.16. The number of hydrogen-bond donors (Lipinski definition) is 4. The van der Waals surface area contributed by atoms with E-state index in [1.54, 1.807) is 6.20 Å². The molecule has 1 fully saturated rings. The van der Waals surface area contributed by atoms with Crippen molar-refractivity contribution in [2.45, 2.75) is 37.0 Å². The number of carbonyl (C=O) groups is 2. The van der Waals surface area contributed by atoms with Gasteiger partial charge in [-0.25, -0.2) is 4.79 Å². The van der Waals surface area contributed by atoms with E-state index in [1.165, 1.54) is 7.11 Å². The average Bonchev–Trinajstić information content (AvgIpc) is 3.59. The average molecular weight is 634 g/mol. The summed E-state index contributed by atoms with van der Waals surface area (Å²) in [6.07, 6.45) is 2.41. The van der Waals surface area contributed by atoms with Crippen molar-refractivity contribution in [2.75, 3.05) is 32.1 Å². The fourth-order valence-corrected chi connectivity index (χ4v) is 6.01. The second-order valence-electron chi connectivity index (χ2n) is 11.6. The van der Waals surface area contributed by atoms with Crippen LogP contribution in [0.5, 0.6) is 5.75 Å². The Labute approximate surface area is 273 Å². The third-order valence-corrected chi connectivity index (χ3v) is 8.38. The highest BCUT2D eigenvalue weighted by molar-refractivity contribution is 5.98. The number of nitrogens with one attached hydrogen (secondary N) is 4. The number of alkyl carbamates (subject to hydrolysis) is 1. The molecule has 1 aliphatic heterocycles. The summed E-state index contributed by atoms with van der Waals surface area (Å²) in [4.78, 5) is 26.6. The van der Waals surface area contributed by atoms with E-state index >= 15 is 0 Å². The molecule has 10 nitrogen and oxygen atoms in total. The number of nitrogens with zero attached hydrogens (tertiary/aromatic N) is 1. The van der Waals surface area contributed by atoms with Gasteiger partial charge in [0.15, 0.2) is 0 Å². The summed E-state index contributed by atoms with van der Waals surface area (Å²) in [7, 11) is 1.29. The minimum atomic E-state index is -0.944. The first kappa shape index (κ1) is 31.8. The first-order chi connectivity index (χ1) is 23.1. The molecule has 4 aromatic carbocycles. The van der Waals surface area contributed by atoms with Crippen molar-refractivity contribution in [2.24, 2.45) is 0 Å². The molecule has 0 radical (unpaired) electrons. The molecule has 3 atom stereocenters. The number of anilines is 1. The van der Waals surface area contributed by atoms with Crippen molar-refractivity contribution >= 4 is 28.6 Å². The second kappa shape index (κ2) is 15.4. The van der Waals surface area contributed by atoms with Crippen LogP contribution >= 0.6 is 0 Å². The number of amides is 2. The molecule has 0 aliphatic carbocycles. The molecule has 0 bridgehead atoms. The van der Waals surface area contributed by atoms with Gasteiger partial charge in [0.05, 0.1) is 24.9 Å². The summed E-state index contributed by atoms with van der Waals surface area (Å²) < 4.78 is 17.4. The molecule has 0 spiro atoms. The molecule has 242 valence electrons. The fourth-order valence-electron chi connectivity index (χ4n) is 6.01. The number of ether oxygens (including phenoxy) is 3. The maximum atomic E-state index is 14.1. The van der Waals surface area contributed by atoms with E-state index in [1.807, 2.05) is 103 Å². The number of H-pyrrole nitrogens is 1. The van der Waals surface area contributed by atoms with Crippen LogP contribution < -0.4 is 20.7 Å². The van der Waals surface area contributed by atoms with E-state index in [2.05, 4.69) is 26.1 Å². The van der Waals surface area contributed by atoms with Gasteiger partial charge in [0.25, 0.3) is 0 Å². The van der Waals surface area contributed by atoms with Gasteiger partial charge in [-0.2, -0.15) is 5.10 Å². The van der Waals surface area contributed by atoms with Crippen molar-refractivity contribution in [3.05, 3.63) is 126 Å². The Balaban J connectivity index is 1.12. The smallest absolute Gasteiger partial charge is 0.407 e. The van der Waals surface area contributed by atoms with Crippen LogP contribution in [0.15, 0.2) is 109 Å². The molecule has 2 heterocycles. The lowest BCUT2D eigenvalue weighted by Crippen LogP contribution is -2.48. The van der Waals surface area contributed by atoms with Crippen LogP contribution in [0.4, 0.5) is 10.5 Å². The highest BCUT2D eigenvalue weighted by Crippen LogP contribution is 2.30. The quantitative estimate of drug-likeness (QED) is 0.144. The van der Waals surface area contributed by atoms with Gasteiger partial charge in [-0.15, -0.1) is 0 Å². The number of hydrogen-bond acceptors (Lipinski definition) is 7. The molecule has 0 saturated carbocycles. The van der Waals surface area contributed by atoms with E-state index in [-0.39, 0.29) is 18.1 Å². The maximum absolute atomic E-state index is 14.1. The zero-order chi connectivity index (χ0) is 32.4. The summed E-state index contributed by atoms with van der Waals surface area (Å²) in [5.41, 5.74) is 4.38. The Morgan fingerprint density at radius 1 is 0.915 bits per heavy atom. The number of rotatable bonds is 12. The maximum Gasteiger partial charge on any atom is 0.407 e. The van der Waals surface area contributed by atoms with E-state index < -0.39 is 18.1 Å². The van der Waals surface area contributed by atoms with Crippen LogP contribution in [0.3, 0.4) is 0 Å². The van der Waals surface area contributed by atoms with Crippen LogP contribution in [-0.2, 0) is 20.7 Å².